The molecule has 3 nitrogen and oxygen atoms in total. The molecule has 0 heterocycles. The Labute approximate surface area is 144 Å². The van der Waals surface area contributed by atoms with Crippen LogP contribution in [0.5, 0.6) is 5.75 Å². The molecule has 1 N–H and O–H groups in total. The Morgan fingerprint density at radius 3 is 2.32 bits per heavy atom. The highest BCUT2D eigenvalue weighted by Crippen LogP contribution is 2.35. The van der Waals surface area contributed by atoms with Gasteiger partial charge in [0.25, 0.3) is 0 Å². The highest BCUT2D eigenvalue weighted by Gasteiger charge is 2.15. The summed E-state index contributed by atoms with van der Waals surface area (Å²) in [7, 11) is 0. The molecule has 22 heavy (non-hydrogen) atoms. The van der Waals surface area contributed by atoms with Crippen LogP contribution in [0.1, 0.15) is 16.7 Å². The van der Waals surface area contributed by atoms with Gasteiger partial charge >= 0.3 is 6.09 Å². The lowest BCUT2D eigenvalue weighted by Crippen LogP contribution is -2.17. The van der Waals surface area contributed by atoms with Crippen LogP contribution in [0, 0.1) is 20.8 Å². The fraction of sp³-hybridized carbons (Fsp3) is 0.188. The number of carbonyl (C=O) groups is 1. The van der Waals surface area contributed by atoms with Crippen LogP contribution in [-0.2, 0) is 0 Å². The average molecular weight is 359 g/mol. The zero-order chi connectivity index (χ0) is 16.4. The number of amides is 1. The van der Waals surface area contributed by atoms with Crippen molar-refractivity contribution in [1.82, 2.24) is 0 Å². The van der Waals surface area contributed by atoms with Crippen molar-refractivity contribution in [3.05, 3.63) is 56.0 Å². The molecule has 0 fully saturated rings. The minimum Gasteiger partial charge on any atom is -0.408 e. The third kappa shape index (κ3) is 3.67. The van der Waals surface area contributed by atoms with E-state index in [1.165, 1.54) is 0 Å². The first kappa shape index (κ1) is 16.9. The Morgan fingerprint density at radius 1 is 1.00 bits per heavy atom. The van der Waals surface area contributed by atoms with Crippen molar-refractivity contribution < 1.29 is 9.53 Å². The summed E-state index contributed by atoms with van der Waals surface area (Å²) in [6, 6.07) is 6.78. The molecule has 0 radical (unpaired) electrons. The quantitative estimate of drug-likeness (QED) is 0.695. The minimum absolute atomic E-state index is 0.269. The first-order valence-electron chi connectivity index (χ1n) is 6.49. The molecule has 6 heteroatoms. The molecule has 2 aromatic rings. The number of rotatable bonds is 2. The first-order chi connectivity index (χ1) is 10.3. The van der Waals surface area contributed by atoms with Crippen LogP contribution in [0.3, 0.4) is 0 Å². The van der Waals surface area contributed by atoms with Crippen LogP contribution in [0.25, 0.3) is 0 Å². The third-order valence-corrected chi connectivity index (χ3v) is 4.48. The van der Waals surface area contributed by atoms with E-state index in [1.54, 1.807) is 31.2 Å². The predicted octanol–water partition coefficient (Wildman–Crippen LogP) is 6.18. The first-order valence-corrected chi connectivity index (χ1v) is 7.63. The van der Waals surface area contributed by atoms with E-state index in [4.69, 9.17) is 39.5 Å². The Bertz CT molecular complexity index is 745. The molecule has 116 valence electrons. The summed E-state index contributed by atoms with van der Waals surface area (Å²) < 4.78 is 5.28. The number of hydrogen-bond acceptors (Lipinski definition) is 2. The lowest BCUT2D eigenvalue weighted by atomic mass is 10.1. The second kappa shape index (κ2) is 6.78. The lowest BCUT2D eigenvalue weighted by Gasteiger charge is -2.13. The van der Waals surface area contributed by atoms with Crippen LogP contribution >= 0.6 is 34.8 Å². The largest absolute Gasteiger partial charge is 0.417 e. The summed E-state index contributed by atoms with van der Waals surface area (Å²) >= 11 is 18.1. The molecular formula is C16H14Cl3NO2. The monoisotopic (exact) mass is 357 g/mol. The van der Waals surface area contributed by atoms with E-state index in [2.05, 4.69) is 5.32 Å². The molecule has 0 spiro atoms. The third-order valence-electron chi connectivity index (χ3n) is 3.20. The number of anilines is 1. The van der Waals surface area contributed by atoms with Crippen molar-refractivity contribution in [1.29, 1.82) is 0 Å². The number of ether oxygens (including phenoxy) is 1. The highest BCUT2D eigenvalue weighted by atomic mass is 35.5. The molecule has 2 rings (SSSR count). The van der Waals surface area contributed by atoms with Gasteiger partial charge in [-0.2, -0.15) is 0 Å². The predicted molar refractivity (Wildman–Crippen MR) is 91.8 cm³/mol. The molecule has 0 aromatic heterocycles. The van der Waals surface area contributed by atoms with E-state index in [0.29, 0.717) is 26.3 Å². The summed E-state index contributed by atoms with van der Waals surface area (Å²) in [4.78, 5) is 12.0. The molecule has 0 unspecified atom stereocenters. The molecule has 0 aliphatic heterocycles. The van der Waals surface area contributed by atoms with Crippen LogP contribution in [0.2, 0.25) is 15.1 Å². The van der Waals surface area contributed by atoms with E-state index in [-0.39, 0.29) is 5.75 Å². The molecule has 0 bridgehead atoms. The van der Waals surface area contributed by atoms with Crippen molar-refractivity contribution in [2.75, 3.05) is 5.32 Å². The second-order valence-electron chi connectivity index (χ2n) is 4.92. The van der Waals surface area contributed by atoms with Gasteiger partial charge in [0, 0.05) is 15.7 Å². The fourth-order valence-electron chi connectivity index (χ4n) is 1.98. The Hall–Kier alpha value is -1.42. The Kier molecular flexibility index (Phi) is 5.22. The number of hydrogen-bond donors (Lipinski definition) is 1. The van der Waals surface area contributed by atoms with E-state index in [1.807, 2.05) is 13.8 Å². The van der Waals surface area contributed by atoms with Gasteiger partial charge in [0.15, 0.2) is 5.75 Å². The van der Waals surface area contributed by atoms with E-state index in [0.717, 1.165) is 11.1 Å². The van der Waals surface area contributed by atoms with Gasteiger partial charge in [0.05, 0.1) is 5.02 Å². The van der Waals surface area contributed by atoms with Crippen molar-refractivity contribution in [2.24, 2.45) is 0 Å². The van der Waals surface area contributed by atoms with E-state index >= 15 is 0 Å². The molecule has 2 aromatic carbocycles. The molecule has 1 amide bonds. The van der Waals surface area contributed by atoms with Gasteiger partial charge in [0.1, 0.15) is 0 Å². The number of benzene rings is 2. The Morgan fingerprint density at radius 2 is 1.68 bits per heavy atom. The van der Waals surface area contributed by atoms with Gasteiger partial charge in [-0.05, 0) is 61.7 Å². The van der Waals surface area contributed by atoms with Crippen LogP contribution in [-0.4, -0.2) is 6.09 Å². The molecule has 0 aliphatic rings. The summed E-state index contributed by atoms with van der Waals surface area (Å²) in [6.07, 6.45) is -0.631. The second-order valence-corrected chi connectivity index (χ2v) is 6.11. The van der Waals surface area contributed by atoms with E-state index < -0.39 is 6.09 Å². The molecular weight excluding hydrogens is 345 g/mol. The highest BCUT2D eigenvalue weighted by molar-refractivity contribution is 6.37. The zero-order valence-corrected chi connectivity index (χ0v) is 14.5. The zero-order valence-electron chi connectivity index (χ0n) is 12.3. The van der Waals surface area contributed by atoms with Gasteiger partial charge in [-0.25, -0.2) is 4.79 Å². The molecule has 0 atom stereocenters. The summed E-state index contributed by atoms with van der Waals surface area (Å²) in [6.45, 7) is 5.43. The molecule has 0 aliphatic carbocycles. The average Bonchev–Trinajstić information content (AvgIpc) is 2.45. The molecule has 0 saturated heterocycles. The fourth-order valence-corrected chi connectivity index (χ4v) is 2.59. The Balaban J connectivity index is 2.19. The topological polar surface area (TPSA) is 38.3 Å². The number of aryl methyl sites for hydroxylation is 2. The molecule has 0 saturated carbocycles. The van der Waals surface area contributed by atoms with Crippen molar-refractivity contribution in [3.8, 4) is 5.75 Å². The smallest absolute Gasteiger partial charge is 0.408 e. The maximum Gasteiger partial charge on any atom is 0.417 e. The number of carbonyl (C=O) groups excluding carboxylic acids is 1. The normalized spacial score (nSPS) is 10.5. The van der Waals surface area contributed by atoms with Gasteiger partial charge in [-0.3, -0.25) is 5.32 Å². The van der Waals surface area contributed by atoms with Crippen molar-refractivity contribution in [2.45, 2.75) is 20.8 Å². The van der Waals surface area contributed by atoms with E-state index in [9.17, 15) is 4.79 Å². The van der Waals surface area contributed by atoms with Gasteiger partial charge in [0.2, 0.25) is 0 Å². The van der Waals surface area contributed by atoms with Crippen LogP contribution in [0.15, 0.2) is 24.3 Å². The van der Waals surface area contributed by atoms with Gasteiger partial charge < -0.3 is 4.74 Å². The number of halogens is 3. The van der Waals surface area contributed by atoms with Crippen LogP contribution in [0.4, 0.5) is 10.5 Å². The maximum atomic E-state index is 12.0. The van der Waals surface area contributed by atoms with Crippen molar-refractivity contribution >= 4 is 46.6 Å². The van der Waals surface area contributed by atoms with Gasteiger partial charge in [-0.15, -0.1) is 0 Å². The lowest BCUT2D eigenvalue weighted by molar-refractivity contribution is 0.215. The standard InChI is InChI=1S/C16H14Cl3NO2/c1-8-6-11(17)4-5-12(8)20-16(21)22-13-7-9(2)14(18)10(3)15(13)19/h4-7H,1-3H3,(H,20,21). The van der Waals surface area contributed by atoms with Crippen molar-refractivity contribution in [3.63, 3.8) is 0 Å². The van der Waals surface area contributed by atoms with Crippen LogP contribution < -0.4 is 10.1 Å². The minimum atomic E-state index is -0.631. The summed E-state index contributed by atoms with van der Waals surface area (Å²) in [5, 5.41) is 4.14. The summed E-state index contributed by atoms with van der Waals surface area (Å²) in [5.74, 6) is 0.269. The maximum absolute atomic E-state index is 12.0. The number of nitrogens with one attached hydrogen (secondary N) is 1. The van der Waals surface area contributed by atoms with Gasteiger partial charge in [-0.1, -0.05) is 34.8 Å². The SMILES string of the molecule is Cc1cc(Cl)ccc1NC(=O)Oc1cc(C)c(Cl)c(C)c1Cl. The summed E-state index contributed by atoms with van der Waals surface area (Å²) in [5.41, 5.74) is 2.91.